The first-order chi connectivity index (χ1) is 13.0. The highest BCUT2D eigenvalue weighted by atomic mass is 16.5. The Bertz CT molecular complexity index is 627. The number of ether oxygens (including phenoxy) is 1. The van der Waals surface area contributed by atoms with Crippen LogP contribution in [-0.4, -0.2) is 59.6 Å². The molecule has 27 heavy (non-hydrogen) atoms. The fourth-order valence-electron chi connectivity index (χ4n) is 3.84. The van der Waals surface area contributed by atoms with Crippen LogP contribution < -0.4 is 5.32 Å². The van der Waals surface area contributed by atoms with Gasteiger partial charge in [-0.05, 0) is 45.1 Å². The van der Waals surface area contributed by atoms with Crippen LogP contribution in [0.4, 0.5) is 4.79 Å². The molecule has 0 bridgehead atoms. The third-order valence-electron chi connectivity index (χ3n) is 5.29. The van der Waals surface area contributed by atoms with Gasteiger partial charge in [-0.1, -0.05) is 30.3 Å². The minimum atomic E-state index is -0.314. The maximum absolute atomic E-state index is 13.0. The number of carbonyl (C=O) groups is 2. The van der Waals surface area contributed by atoms with Gasteiger partial charge in [0.1, 0.15) is 6.04 Å². The van der Waals surface area contributed by atoms with Crippen molar-refractivity contribution >= 4 is 11.9 Å². The molecule has 3 amide bonds. The molecule has 2 heterocycles. The fourth-order valence-corrected chi connectivity index (χ4v) is 3.84. The zero-order chi connectivity index (χ0) is 19.2. The van der Waals surface area contributed by atoms with Crippen LogP contribution >= 0.6 is 0 Å². The normalized spacial score (nSPS) is 20.9. The lowest BCUT2D eigenvalue weighted by molar-refractivity contribution is -0.138. The van der Waals surface area contributed by atoms with E-state index in [2.05, 4.69) is 17.4 Å². The molecule has 6 heteroatoms. The second-order valence-corrected chi connectivity index (χ2v) is 7.78. The molecule has 3 rings (SSSR count). The van der Waals surface area contributed by atoms with E-state index in [1.165, 1.54) is 5.56 Å². The molecule has 2 aliphatic heterocycles. The average molecular weight is 373 g/mol. The minimum Gasteiger partial charge on any atom is -0.373 e. The van der Waals surface area contributed by atoms with Crippen LogP contribution in [0.2, 0.25) is 0 Å². The molecule has 148 valence electrons. The summed E-state index contributed by atoms with van der Waals surface area (Å²) in [6, 6.07) is 9.80. The SMILES string of the molecule is CC(C)NC(=O)N1CCC[C@H]1C(=O)N1CCC(OCc2ccccc2)CC1. The summed E-state index contributed by atoms with van der Waals surface area (Å²) < 4.78 is 6.01. The van der Waals surface area contributed by atoms with E-state index in [9.17, 15) is 9.59 Å². The van der Waals surface area contributed by atoms with E-state index in [0.717, 1.165) is 25.7 Å². The molecule has 1 N–H and O–H groups in total. The van der Waals surface area contributed by atoms with E-state index >= 15 is 0 Å². The number of hydrogen-bond acceptors (Lipinski definition) is 3. The molecule has 0 aliphatic carbocycles. The number of likely N-dealkylation sites (tertiary alicyclic amines) is 2. The fraction of sp³-hybridized carbons (Fsp3) is 0.619. The highest BCUT2D eigenvalue weighted by Crippen LogP contribution is 2.23. The zero-order valence-electron chi connectivity index (χ0n) is 16.4. The van der Waals surface area contributed by atoms with Crippen molar-refractivity contribution in [3.05, 3.63) is 35.9 Å². The Hall–Kier alpha value is -2.08. The molecule has 2 fully saturated rings. The highest BCUT2D eigenvalue weighted by molar-refractivity contribution is 5.87. The Morgan fingerprint density at radius 2 is 1.81 bits per heavy atom. The van der Waals surface area contributed by atoms with Crippen molar-refractivity contribution in [2.24, 2.45) is 0 Å². The largest absolute Gasteiger partial charge is 0.373 e. The highest BCUT2D eigenvalue weighted by Gasteiger charge is 2.37. The summed E-state index contributed by atoms with van der Waals surface area (Å²) in [5, 5.41) is 2.91. The predicted octanol–water partition coefficient (Wildman–Crippen LogP) is 2.78. The van der Waals surface area contributed by atoms with E-state index in [1.807, 2.05) is 36.9 Å². The first-order valence-corrected chi connectivity index (χ1v) is 10.1. The Kier molecular flexibility index (Phi) is 6.72. The summed E-state index contributed by atoms with van der Waals surface area (Å²) in [6.45, 7) is 6.55. The number of rotatable bonds is 5. The van der Waals surface area contributed by atoms with E-state index in [1.54, 1.807) is 4.90 Å². The number of carbonyl (C=O) groups excluding carboxylic acids is 2. The molecule has 0 unspecified atom stereocenters. The summed E-state index contributed by atoms with van der Waals surface area (Å²) >= 11 is 0. The molecule has 0 saturated carbocycles. The van der Waals surface area contributed by atoms with Gasteiger partial charge in [0.2, 0.25) is 5.91 Å². The van der Waals surface area contributed by atoms with Crippen molar-refractivity contribution in [2.75, 3.05) is 19.6 Å². The number of hydrogen-bond donors (Lipinski definition) is 1. The van der Waals surface area contributed by atoms with Gasteiger partial charge >= 0.3 is 6.03 Å². The molecule has 0 radical (unpaired) electrons. The lowest BCUT2D eigenvalue weighted by atomic mass is 10.1. The Balaban J connectivity index is 1.47. The lowest BCUT2D eigenvalue weighted by Crippen LogP contribution is -2.53. The number of nitrogens with zero attached hydrogens (tertiary/aromatic N) is 2. The lowest BCUT2D eigenvalue weighted by Gasteiger charge is -2.35. The monoisotopic (exact) mass is 373 g/mol. The molecule has 1 aromatic rings. The van der Waals surface area contributed by atoms with Gasteiger partial charge in [-0.15, -0.1) is 0 Å². The topological polar surface area (TPSA) is 61.9 Å². The Labute approximate surface area is 161 Å². The second kappa shape index (κ2) is 9.22. The molecular weight excluding hydrogens is 342 g/mol. The first kappa shape index (κ1) is 19.7. The molecule has 2 saturated heterocycles. The zero-order valence-corrected chi connectivity index (χ0v) is 16.4. The molecule has 6 nitrogen and oxygen atoms in total. The molecule has 0 spiro atoms. The molecule has 2 aliphatic rings. The number of piperidine rings is 1. The van der Waals surface area contributed by atoms with Crippen LogP contribution in [0.15, 0.2) is 30.3 Å². The number of urea groups is 1. The van der Waals surface area contributed by atoms with Crippen LogP contribution in [0, 0.1) is 0 Å². The van der Waals surface area contributed by atoms with Crippen LogP contribution in [0.1, 0.15) is 45.1 Å². The van der Waals surface area contributed by atoms with E-state index < -0.39 is 0 Å². The van der Waals surface area contributed by atoms with Crippen molar-refractivity contribution in [1.82, 2.24) is 15.1 Å². The van der Waals surface area contributed by atoms with Crippen molar-refractivity contribution in [2.45, 2.75) is 64.3 Å². The molecule has 1 atom stereocenters. The standard InChI is InChI=1S/C21H31N3O3/c1-16(2)22-21(26)24-12-6-9-19(24)20(25)23-13-10-18(11-14-23)27-15-17-7-4-3-5-8-17/h3-5,7-8,16,18-19H,6,9-15H2,1-2H3,(H,22,26)/t19-/m0/s1. The van der Waals surface area contributed by atoms with Gasteiger partial charge in [-0.2, -0.15) is 0 Å². The summed E-state index contributed by atoms with van der Waals surface area (Å²) in [7, 11) is 0. The van der Waals surface area contributed by atoms with Crippen molar-refractivity contribution in [3.63, 3.8) is 0 Å². The number of nitrogens with one attached hydrogen (secondary N) is 1. The summed E-state index contributed by atoms with van der Waals surface area (Å²) in [4.78, 5) is 28.9. The van der Waals surface area contributed by atoms with Crippen LogP contribution in [-0.2, 0) is 16.1 Å². The number of benzene rings is 1. The van der Waals surface area contributed by atoms with Crippen molar-refractivity contribution in [3.8, 4) is 0 Å². The van der Waals surface area contributed by atoms with Gasteiger partial charge < -0.3 is 19.9 Å². The van der Waals surface area contributed by atoms with E-state index in [-0.39, 0.29) is 30.1 Å². The molecule has 1 aromatic carbocycles. The maximum atomic E-state index is 13.0. The van der Waals surface area contributed by atoms with Gasteiger partial charge in [-0.3, -0.25) is 4.79 Å². The van der Waals surface area contributed by atoms with Gasteiger partial charge in [0.25, 0.3) is 0 Å². The maximum Gasteiger partial charge on any atom is 0.318 e. The average Bonchev–Trinajstić information content (AvgIpc) is 3.16. The van der Waals surface area contributed by atoms with Crippen LogP contribution in [0.5, 0.6) is 0 Å². The third-order valence-corrected chi connectivity index (χ3v) is 5.29. The van der Waals surface area contributed by atoms with Gasteiger partial charge in [-0.25, -0.2) is 4.79 Å². The first-order valence-electron chi connectivity index (χ1n) is 10.1. The van der Waals surface area contributed by atoms with E-state index in [4.69, 9.17) is 4.74 Å². The quantitative estimate of drug-likeness (QED) is 0.863. The van der Waals surface area contributed by atoms with Crippen LogP contribution in [0.25, 0.3) is 0 Å². The smallest absolute Gasteiger partial charge is 0.318 e. The third kappa shape index (κ3) is 5.22. The molecular formula is C21H31N3O3. The second-order valence-electron chi connectivity index (χ2n) is 7.78. The molecule has 0 aromatic heterocycles. The van der Waals surface area contributed by atoms with Crippen LogP contribution in [0.3, 0.4) is 0 Å². The predicted molar refractivity (Wildman–Crippen MR) is 104 cm³/mol. The van der Waals surface area contributed by atoms with E-state index in [0.29, 0.717) is 26.2 Å². The van der Waals surface area contributed by atoms with Crippen molar-refractivity contribution in [1.29, 1.82) is 0 Å². The van der Waals surface area contributed by atoms with Gasteiger partial charge in [0, 0.05) is 25.7 Å². The Morgan fingerprint density at radius 1 is 1.11 bits per heavy atom. The van der Waals surface area contributed by atoms with Crippen molar-refractivity contribution < 1.29 is 14.3 Å². The van der Waals surface area contributed by atoms with Gasteiger partial charge in [0.05, 0.1) is 12.7 Å². The number of amides is 3. The minimum absolute atomic E-state index is 0.0753. The van der Waals surface area contributed by atoms with Gasteiger partial charge in [0.15, 0.2) is 0 Å². The summed E-state index contributed by atoms with van der Waals surface area (Å²) in [5.41, 5.74) is 1.17. The summed E-state index contributed by atoms with van der Waals surface area (Å²) in [5.74, 6) is 0.0907. The Morgan fingerprint density at radius 3 is 2.48 bits per heavy atom. The summed E-state index contributed by atoms with van der Waals surface area (Å²) in [6.07, 6.45) is 3.54.